The number of amides is 2. The average Bonchev–Trinajstić information content (AvgIpc) is 3.29. The number of aromatic nitrogens is 7. The van der Waals surface area contributed by atoms with E-state index in [0.29, 0.717) is 18.1 Å². The predicted octanol–water partition coefficient (Wildman–Crippen LogP) is 1.18. The largest absolute Gasteiger partial charge is 0.391 e. The Labute approximate surface area is 232 Å². The summed E-state index contributed by atoms with van der Waals surface area (Å²) in [5, 5.41) is 30.4. The molecule has 3 aromatic heterocycles. The molecule has 0 radical (unpaired) electrons. The first-order valence-electron chi connectivity index (χ1n) is 14.3. The van der Waals surface area contributed by atoms with Crippen LogP contribution in [0.2, 0.25) is 0 Å². The first-order chi connectivity index (χ1) is 19.2. The molecule has 0 bridgehead atoms. The summed E-state index contributed by atoms with van der Waals surface area (Å²) in [4.78, 5) is 35.7. The molecule has 1 saturated carbocycles. The second kappa shape index (κ2) is 10.4. The van der Waals surface area contributed by atoms with Gasteiger partial charge in [-0.25, -0.2) is 9.67 Å². The van der Waals surface area contributed by atoms with Crippen LogP contribution in [0, 0.1) is 11.3 Å². The van der Waals surface area contributed by atoms with Crippen molar-refractivity contribution < 1.29 is 14.7 Å². The molecule has 0 aromatic carbocycles. The van der Waals surface area contributed by atoms with Crippen molar-refractivity contribution in [2.75, 3.05) is 31.1 Å². The van der Waals surface area contributed by atoms with Crippen LogP contribution in [0.15, 0.2) is 24.9 Å². The summed E-state index contributed by atoms with van der Waals surface area (Å²) in [5.41, 5.74) is 1.16. The molecule has 2 aliphatic heterocycles. The lowest BCUT2D eigenvalue weighted by molar-refractivity contribution is -0.144. The fourth-order valence-corrected chi connectivity index (χ4v) is 6.08. The summed E-state index contributed by atoms with van der Waals surface area (Å²) >= 11 is 0. The number of carbonyl (C=O) groups is 2. The van der Waals surface area contributed by atoms with Gasteiger partial charge in [0.05, 0.1) is 11.8 Å². The zero-order valence-electron chi connectivity index (χ0n) is 23.3. The van der Waals surface area contributed by atoms with Crippen molar-refractivity contribution >= 4 is 23.3 Å². The van der Waals surface area contributed by atoms with E-state index in [1.54, 1.807) is 17.2 Å². The number of rotatable bonds is 7. The maximum atomic E-state index is 14.0. The molecule has 4 atom stereocenters. The van der Waals surface area contributed by atoms with Crippen LogP contribution in [0.5, 0.6) is 0 Å². The third kappa shape index (κ3) is 5.26. The maximum absolute atomic E-state index is 14.0. The number of aliphatic hydroxyl groups is 1. The van der Waals surface area contributed by atoms with Crippen LogP contribution in [0.3, 0.4) is 0 Å². The fraction of sp³-hybridized carbons (Fsp3) is 0.667. The van der Waals surface area contributed by atoms with E-state index in [0.717, 1.165) is 50.3 Å². The van der Waals surface area contributed by atoms with E-state index < -0.39 is 23.6 Å². The van der Waals surface area contributed by atoms with Crippen LogP contribution in [0.4, 0.5) is 5.82 Å². The van der Waals surface area contributed by atoms with Crippen LogP contribution in [0.1, 0.15) is 70.5 Å². The number of nitrogens with zero attached hydrogens (tertiary/aromatic N) is 9. The molecule has 3 aromatic rings. The van der Waals surface area contributed by atoms with Gasteiger partial charge in [0.2, 0.25) is 17.5 Å². The highest BCUT2D eigenvalue weighted by atomic mass is 16.3. The molecule has 40 heavy (non-hydrogen) atoms. The van der Waals surface area contributed by atoms with Crippen molar-refractivity contribution in [3.05, 3.63) is 30.6 Å². The zero-order valence-corrected chi connectivity index (χ0v) is 23.3. The van der Waals surface area contributed by atoms with Gasteiger partial charge in [0.1, 0.15) is 18.4 Å². The van der Waals surface area contributed by atoms with Crippen LogP contribution >= 0.6 is 0 Å². The number of β-amino-alcohol motifs (C(OH)–C–C–N with tert-alkyl or cyclic N) is 1. The monoisotopic (exact) mass is 550 g/mol. The smallest absolute Gasteiger partial charge is 0.248 e. The Morgan fingerprint density at radius 1 is 1.18 bits per heavy atom. The molecule has 13 nitrogen and oxygen atoms in total. The van der Waals surface area contributed by atoms with E-state index >= 15 is 0 Å². The lowest BCUT2D eigenvalue weighted by Crippen LogP contribution is -2.51. The van der Waals surface area contributed by atoms with Gasteiger partial charge in [-0.15, -0.1) is 15.3 Å². The molecule has 214 valence electrons. The molecular weight excluding hydrogens is 512 g/mol. The molecule has 0 spiro atoms. The van der Waals surface area contributed by atoms with Gasteiger partial charge in [-0.3, -0.25) is 14.0 Å². The molecule has 2 N–H and O–H groups in total. The number of fused-ring (bicyclic) bond motifs is 1. The summed E-state index contributed by atoms with van der Waals surface area (Å²) in [6.07, 6.45) is 10.7. The number of anilines is 1. The highest BCUT2D eigenvalue weighted by molar-refractivity contribution is 5.90. The van der Waals surface area contributed by atoms with E-state index in [1.165, 1.54) is 4.90 Å². The van der Waals surface area contributed by atoms with Crippen LogP contribution in [0.25, 0.3) is 5.65 Å². The summed E-state index contributed by atoms with van der Waals surface area (Å²) in [5.74, 6) is 0.985. The number of hydrogen-bond donors (Lipinski definition) is 2. The molecule has 3 aliphatic rings. The second-order valence-corrected chi connectivity index (χ2v) is 12.6. The number of carbonyl (C=O) groups excluding carboxylic acids is 2. The normalized spacial score (nSPS) is 24.4. The highest BCUT2D eigenvalue weighted by Crippen LogP contribution is 2.40. The molecule has 2 saturated heterocycles. The Hall–Kier alpha value is -3.61. The van der Waals surface area contributed by atoms with E-state index in [-0.39, 0.29) is 30.7 Å². The maximum Gasteiger partial charge on any atom is 0.248 e. The third-order valence-corrected chi connectivity index (χ3v) is 8.29. The summed E-state index contributed by atoms with van der Waals surface area (Å²) in [7, 11) is 0. The molecule has 3 fully saturated rings. The van der Waals surface area contributed by atoms with Gasteiger partial charge in [-0.1, -0.05) is 26.0 Å². The Morgan fingerprint density at radius 2 is 2.00 bits per heavy atom. The van der Waals surface area contributed by atoms with Crippen LogP contribution < -0.4 is 10.2 Å². The van der Waals surface area contributed by atoms with E-state index in [4.69, 9.17) is 0 Å². The van der Waals surface area contributed by atoms with Gasteiger partial charge in [0.25, 0.3) is 0 Å². The topological polar surface area (TPSA) is 147 Å². The van der Waals surface area contributed by atoms with Gasteiger partial charge in [-0.2, -0.15) is 0 Å². The molecule has 5 heterocycles. The molecule has 6 rings (SSSR count). The van der Waals surface area contributed by atoms with Gasteiger partial charge in [-0.05, 0) is 37.0 Å². The van der Waals surface area contributed by atoms with Crippen LogP contribution in [-0.4, -0.2) is 94.7 Å². The Bertz CT molecular complexity index is 1380. The first-order valence-corrected chi connectivity index (χ1v) is 14.3. The molecule has 1 aliphatic carbocycles. The average molecular weight is 551 g/mol. The molecule has 13 heteroatoms. The van der Waals surface area contributed by atoms with Crippen LogP contribution in [-0.2, 0) is 9.59 Å². The lowest BCUT2D eigenvalue weighted by Gasteiger charge is -2.35. The summed E-state index contributed by atoms with van der Waals surface area (Å²) in [6.45, 7) is 8.16. The summed E-state index contributed by atoms with van der Waals surface area (Å²) < 4.78 is 3.50. The van der Waals surface area contributed by atoms with Gasteiger partial charge < -0.3 is 20.2 Å². The Kier molecular flexibility index (Phi) is 6.93. The van der Waals surface area contributed by atoms with Crippen molar-refractivity contribution in [3.63, 3.8) is 0 Å². The third-order valence-electron chi connectivity index (χ3n) is 8.29. The van der Waals surface area contributed by atoms with E-state index in [1.807, 2.05) is 37.6 Å². The molecule has 1 unspecified atom stereocenters. The van der Waals surface area contributed by atoms with Gasteiger partial charge >= 0.3 is 0 Å². The van der Waals surface area contributed by atoms with Gasteiger partial charge in [0.15, 0.2) is 5.82 Å². The first kappa shape index (κ1) is 26.6. The minimum Gasteiger partial charge on any atom is -0.391 e. The lowest BCUT2D eigenvalue weighted by atomic mass is 9.85. The van der Waals surface area contributed by atoms with Crippen molar-refractivity contribution in [1.29, 1.82) is 0 Å². The predicted molar refractivity (Wildman–Crippen MR) is 145 cm³/mol. The molecule has 2 amide bonds. The standard InChI is InChI=1S/C27H38N10O3/c1-27(2,3)22(37-15-20(31-33-37)18-6-7-18)26(40)36-14-19(38)11-21(36)25(39)29-12-17-5-4-9-34(13-17)23-24-32-30-16-35(24)10-8-28-23/h8,10,15-19,21-22,38H,4-7,9,11-14H2,1-3H3,(H,29,39)/t17?,19-,21+,22-/m1/s1. The highest BCUT2D eigenvalue weighted by Gasteiger charge is 2.45. The quantitative estimate of drug-likeness (QED) is 0.443. The second-order valence-electron chi connectivity index (χ2n) is 12.6. The van der Waals surface area contributed by atoms with Crippen molar-refractivity contribution in [2.45, 2.75) is 77.0 Å². The number of nitrogens with one attached hydrogen (secondary N) is 1. The minimum atomic E-state index is -0.752. The number of hydrogen-bond acceptors (Lipinski definition) is 9. The Morgan fingerprint density at radius 3 is 2.77 bits per heavy atom. The number of likely N-dealkylation sites (tertiary alicyclic amines) is 1. The Balaban J connectivity index is 1.12. The van der Waals surface area contributed by atoms with Gasteiger partial charge in [0, 0.05) is 57.1 Å². The zero-order chi connectivity index (χ0) is 28.0. The number of piperidine rings is 1. The van der Waals surface area contributed by atoms with E-state index in [2.05, 4.69) is 35.7 Å². The number of aliphatic hydroxyl groups excluding tert-OH is 1. The minimum absolute atomic E-state index is 0.124. The van der Waals surface area contributed by atoms with E-state index in [9.17, 15) is 14.7 Å². The van der Waals surface area contributed by atoms with Crippen molar-refractivity contribution in [1.82, 2.24) is 44.8 Å². The summed E-state index contributed by atoms with van der Waals surface area (Å²) in [6, 6.07) is -1.36. The molecular formula is C27H38N10O3. The fourth-order valence-electron chi connectivity index (χ4n) is 6.08. The van der Waals surface area contributed by atoms with Crippen molar-refractivity contribution in [3.8, 4) is 0 Å². The SMILES string of the molecule is CC(C)(C)[C@@H](C(=O)N1C[C@H](O)C[C@H]1C(=O)NCC1CCCN(c2nccn3cnnc23)C1)n1cc(C2CC2)nn1. The van der Waals surface area contributed by atoms with Crippen molar-refractivity contribution in [2.24, 2.45) is 11.3 Å².